The molecule has 2 aromatic heterocycles. The molecule has 0 spiro atoms. The molecule has 1 N–H and O–H groups in total. The number of benzene rings is 2. The fourth-order valence-electron chi connectivity index (χ4n) is 3.97. The summed E-state index contributed by atoms with van der Waals surface area (Å²) >= 11 is 1.69. The van der Waals surface area contributed by atoms with E-state index >= 15 is 0 Å². The minimum atomic E-state index is -0.391. The van der Waals surface area contributed by atoms with E-state index in [1.807, 2.05) is 18.2 Å². The van der Waals surface area contributed by atoms with Gasteiger partial charge in [0.2, 0.25) is 0 Å². The van der Waals surface area contributed by atoms with Crippen molar-refractivity contribution in [3.63, 3.8) is 0 Å². The van der Waals surface area contributed by atoms with Crippen LogP contribution in [0.2, 0.25) is 0 Å². The SMILES string of the molecule is CCn1c(-c2cccs2)c(CN(CCOC)C(=O)Nc2cccc(F)c2)c2ccccc21. The van der Waals surface area contributed by atoms with Gasteiger partial charge in [-0.05, 0) is 42.6 Å². The highest BCUT2D eigenvalue weighted by Crippen LogP contribution is 2.37. The summed E-state index contributed by atoms with van der Waals surface area (Å²) in [6.07, 6.45) is 0. The molecule has 0 atom stereocenters. The predicted molar refractivity (Wildman–Crippen MR) is 129 cm³/mol. The Kier molecular flexibility index (Phi) is 6.87. The molecule has 2 amide bonds. The number of para-hydroxylation sites is 1. The summed E-state index contributed by atoms with van der Waals surface area (Å²) in [5.41, 5.74) is 3.79. The lowest BCUT2D eigenvalue weighted by molar-refractivity contribution is 0.153. The highest BCUT2D eigenvalue weighted by Gasteiger charge is 2.23. The molecule has 4 rings (SSSR count). The molecule has 0 saturated heterocycles. The number of amides is 2. The van der Waals surface area contributed by atoms with Crippen LogP contribution in [0.3, 0.4) is 0 Å². The van der Waals surface area contributed by atoms with E-state index in [-0.39, 0.29) is 6.03 Å². The van der Waals surface area contributed by atoms with Gasteiger partial charge in [-0.1, -0.05) is 30.3 Å². The third-order valence-electron chi connectivity index (χ3n) is 5.42. The van der Waals surface area contributed by atoms with Gasteiger partial charge in [0.25, 0.3) is 0 Å². The van der Waals surface area contributed by atoms with E-state index in [4.69, 9.17) is 4.74 Å². The third-order valence-corrected chi connectivity index (χ3v) is 6.30. The van der Waals surface area contributed by atoms with Crippen LogP contribution < -0.4 is 5.32 Å². The minimum absolute atomic E-state index is 0.293. The number of halogens is 1. The molecule has 0 radical (unpaired) electrons. The lowest BCUT2D eigenvalue weighted by Crippen LogP contribution is -2.37. The summed E-state index contributed by atoms with van der Waals surface area (Å²) < 4.78 is 21.2. The Labute approximate surface area is 191 Å². The summed E-state index contributed by atoms with van der Waals surface area (Å²) in [5, 5.41) is 6.01. The molecular formula is C25H26FN3O2S. The molecule has 4 aromatic rings. The number of fused-ring (bicyclic) bond motifs is 1. The maximum Gasteiger partial charge on any atom is 0.322 e. The van der Waals surface area contributed by atoms with Crippen LogP contribution in [0, 0.1) is 5.82 Å². The number of thiophene rings is 1. The number of rotatable bonds is 8. The van der Waals surface area contributed by atoms with Crippen molar-refractivity contribution in [1.29, 1.82) is 0 Å². The Hall–Kier alpha value is -3.16. The molecule has 0 bridgehead atoms. The molecule has 32 heavy (non-hydrogen) atoms. The van der Waals surface area contributed by atoms with E-state index in [2.05, 4.69) is 40.4 Å². The number of anilines is 1. The monoisotopic (exact) mass is 451 g/mol. The highest BCUT2D eigenvalue weighted by molar-refractivity contribution is 7.13. The van der Waals surface area contributed by atoms with Gasteiger partial charge in [0, 0.05) is 42.4 Å². The van der Waals surface area contributed by atoms with Crippen molar-refractivity contribution in [2.24, 2.45) is 0 Å². The van der Waals surface area contributed by atoms with E-state index in [0.29, 0.717) is 25.4 Å². The zero-order valence-electron chi connectivity index (χ0n) is 18.2. The largest absolute Gasteiger partial charge is 0.383 e. The van der Waals surface area contributed by atoms with E-state index in [1.165, 1.54) is 12.1 Å². The second kappa shape index (κ2) is 9.97. The molecule has 0 aliphatic heterocycles. The number of nitrogens with zero attached hydrogens (tertiary/aromatic N) is 2. The molecule has 0 fully saturated rings. The maximum atomic E-state index is 13.6. The number of aromatic nitrogens is 1. The first-order valence-corrected chi connectivity index (χ1v) is 11.4. The molecular weight excluding hydrogens is 425 g/mol. The molecule has 5 nitrogen and oxygen atoms in total. The molecule has 166 valence electrons. The first-order valence-electron chi connectivity index (χ1n) is 10.6. The van der Waals surface area contributed by atoms with Gasteiger partial charge in [-0.15, -0.1) is 11.3 Å². The summed E-state index contributed by atoms with van der Waals surface area (Å²) in [4.78, 5) is 16.1. The number of urea groups is 1. The van der Waals surface area contributed by atoms with Crippen molar-refractivity contribution in [3.05, 3.63) is 77.4 Å². The minimum Gasteiger partial charge on any atom is -0.383 e. The van der Waals surface area contributed by atoms with Crippen LogP contribution in [0.1, 0.15) is 12.5 Å². The second-order valence-corrected chi connectivity index (χ2v) is 8.37. The van der Waals surface area contributed by atoms with Gasteiger partial charge in [-0.25, -0.2) is 9.18 Å². The number of carbonyl (C=O) groups is 1. The van der Waals surface area contributed by atoms with Crippen molar-refractivity contribution >= 4 is 34.0 Å². The molecule has 0 unspecified atom stereocenters. The number of ether oxygens (including phenoxy) is 1. The normalized spacial score (nSPS) is 11.1. The Bertz CT molecular complexity index is 1200. The zero-order valence-corrected chi connectivity index (χ0v) is 19.0. The number of aryl methyl sites for hydroxylation is 1. The standard InChI is InChI=1S/C25H26FN3O2S/c1-3-29-22-11-5-4-10-20(22)21(24(29)23-12-7-15-32-23)17-28(13-14-31-2)25(30)27-19-9-6-8-18(26)16-19/h4-12,15-16H,3,13-14,17H2,1-2H3,(H,27,30). The van der Waals surface area contributed by atoms with Gasteiger partial charge in [0.1, 0.15) is 5.82 Å². The van der Waals surface area contributed by atoms with Gasteiger partial charge in [-0.2, -0.15) is 0 Å². The number of carbonyl (C=O) groups excluding carboxylic acids is 1. The van der Waals surface area contributed by atoms with Gasteiger partial charge >= 0.3 is 6.03 Å². The van der Waals surface area contributed by atoms with Crippen molar-refractivity contribution in [3.8, 4) is 10.6 Å². The van der Waals surface area contributed by atoms with Crippen LogP contribution in [0.5, 0.6) is 0 Å². The summed E-state index contributed by atoms with van der Waals surface area (Å²) in [6.45, 7) is 4.17. The number of methoxy groups -OCH3 is 1. The Balaban J connectivity index is 1.74. The lowest BCUT2D eigenvalue weighted by atomic mass is 10.1. The quantitative estimate of drug-likeness (QED) is 0.346. The smallest absolute Gasteiger partial charge is 0.322 e. The van der Waals surface area contributed by atoms with E-state index < -0.39 is 5.82 Å². The summed E-state index contributed by atoms with van der Waals surface area (Å²) in [6, 6.07) is 18.1. The van der Waals surface area contributed by atoms with Crippen molar-refractivity contribution in [2.75, 3.05) is 25.6 Å². The number of hydrogen-bond donors (Lipinski definition) is 1. The van der Waals surface area contributed by atoms with Gasteiger partial charge in [-0.3, -0.25) is 0 Å². The fourth-order valence-corrected chi connectivity index (χ4v) is 4.78. The van der Waals surface area contributed by atoms with Crippen LogP contribution in [0.25, 0.3) is 21.5 Å². The van der Waals surface area contributed by atoms with E-state index in [9.17, 15) is 9.18 Å². The van der Waals surface area contributed by atoms with Crippen LogP contribution in [0.15, 0.2) is 66.0 Å². The van der Waals surface area contributed by atoms with Gasteiger partial charge in [0.05, 0.1) is 23.7 Å². The van der Waals surface area contributed by atoms with Gasteiger partial charge in [0.15, 0.2) is 0 Å². The van der Waals surface area contributed by atoms with Gasteiger partial charge < -0.3 is 19.5 Å². The highest BCUT2D eigenvalue weighted by atomic mass is 32.1. The Morgan fingerprint density at radius 3 is 2.72 bits per heavy atom. The van der Waals surface area contributed by atoms with E-state index in [0.717, 1.165) is 33.6 Å². The Morgan fingerprint density at radius 1 is 1.16 bits per heavy atom. The van der Waals surface area contributed by atoms with Crippen molar-refractivity contribution < 1.29 is 13.9 Å². The first-order chi connectivity index (χ1) is 15.6. The average Bonchev–Trinajstić information content (AvgIpc) is 3.42. The first kappa shape index (κ1) is 22.0. The van der Waals surface area contributed by atoms with E-state index in [1.54, 1.807) is 35.5 Å². The van der Waals surface area contributed by atoms with Crippen LogP contribution in [-0.4, -0.2) is 35.8 Å². The predicted octanol–water partition coefficient (Wildman–Crippen LogP) is 6.21. The average molecular weight is 452 g/mol. The number of nitrogens with one attached hydrogen (secondary N) is 1. The maximum absolute atomic E-state index is 13.6. The molecule has 0 saturated carbocycles. The number of hydrogen-bond acceptors (Lipinski definition) is 3. The fraction of sp³-hybridized carbons (Fsp3) is 0.240. The second-order valence-electron chi connectivity index (χ2n) is 7.42. The summed E-state index contributed by atoms with van der Waals surface area (Å²) in [5.74, 6) is -0.391. The molecule has 2 aromatic carbocycles. The van der Waals surface area contributed by atoms with Crippen molar-refractivity contribution in [1.82, 2.24) is 9.47 Å². The molecule has 7 heteroatoms. The van der Waals surface area contributed by atoms with Crippen LogP contribution in [0.4, 0.5) is 14.9 Å². The van der Waals surface area contributed by atoms with Crippen LogP contribution in [-0.2, 0) is 17.8 Å². The Morgan fingerprint density at radius 2 is 2.00 bits per heavy atom. The summed E-state index contributed by atoms with van der Waals surface area (Å²) in [7, 11) is 1.61. The molecule has 0 aliphatic carbocycles. The third kappa shape index (κ3) is 4.54. The topological polar surface area (TPSA) is 46.5 Å². The molecule has 0 aliphatic rings. The lowest BCUT2D eigenvalue weighted by Gasteiger charge is -2.23. The zero-order chi connectivity index (χ0) is 22.5. The molecule has 2 heterocycles. The van der Waals surface area contributed by atoms with Crippen molar-refractivity contribution in [2.45, 2.75) is 20.0 Å². The van der Waals surface area contributed by atoms with Crippen LogP contribution >= 0.6 is 11.3 Å².